The Kier molecular flexibility index (Phi) is 6.24. The van der Waals surface area contributed by atoms with Crippen LogP contribution in [0, 0.1) is 0 Å². The Morgan fingerprint density at radius 3 is 2.61 bits per heavy atom. The molecule has 0 aliphatic heterocycles. The van der Waals surface area contributed by atoms with Gasteiger partial charge >= 0.3 is 5.69 Å². The lowest BCUT2D eigenvalue weighted by molar-refractivity contribution is -0.119. The molecule has 0 atom stereocenters. The number of nitrogens with one attached hydrogen (secondary N) is 1. The molecule has 1 aliphatic rings. The van der Waals surface area contributed by atoms with E-state index in [1.807, 2.05) is 18.2 Å². The van der Waals surface area contributed by atoms with Gasteiger partial charge < -0.3 is 9.88 Å². The van der Waals surface area contributed by atoms with Gasteiger partial charge in [0.25, 0.3) is 5.56 Å². The second-order valence-electron chi connectivity index (χ2n) is 7.79. The Bertz CT molecular complexity index is 1260. The Morgan fingerprint density at radius 2 is 1.90 bits per heavy atom. The first-order valence-electron chi connectivity index (χ1n) is 10.2. The van der Waals surface area contributed by atoms with E-state index in [9.17, 15) is 14.4 Å². The van der Waals surface area contributed by atoms with E-state index in [2.05, 4.69) is 10.3 Å². The number of aromatic nitrogens is 4. The summed E-state index contributed by atoms with van der Waals surface area (Å²) in [5.74, 6) is 0.117. The number of nitrogens with zero attached hydrogens (tertiary/aromatic N) is 4. The molecule has 0 radical (unpaired) electrons. The van der Waals surface area contributed by atoms with E-state index in [-0.39, 0.29) is 17.7 Å². The summed E-state index contributed by atoms with van der Waals surface area (Å²) in [5, 5.41) is 4.13. The topological polar surface area (TPSA) is 90.9 Å². The summed E-state index contributed by atoms with van der Waals surface area (Å²) < 4.78 is 4.16. The quantitative estimate of drug-likeness (QED) is 0.569. The minimum Gasteiger partial charge on any atom is -0.353 e. The predicted octanol–water partition coefficient (Wildman–Crippen LogP) is 2.29. The molecule has 4 rings (SSSR count). The van der Waals surface area contributed by atoms with Crippen molar-refractivity contribution >= 4 is 40.4 Å². The van der Waals surface area contributed by atoms with Crippen molar-refractivity contribution in [3.05, 3.63) is 55.7 Å². The number of benzene rings is 1. The van der Waals surface area contributed by atoms with Crippen LogP contribution in [0.5, 0.6) is 0 Å². The first kappa shape index (κ1) is 21.7. The minimum atomic E-state index is -0.449. The molecule has 3 aromatic rings. The highest BCUT2D eigenvalue weighted by Crippen LogP contribution is 2.25. The molecule has 1 aromatic carbocycles. The van der Waals surface area contributed by atoms with Gasteiger partial charge in [0.05, 0.1) is 12.3 Å². The van der Waals surface area contributed by atoms with Crippen molar-refractivity contribution in [2.75, 3.05) is 5.75 Å². The van der Waals surface area contributed by atoms with E-state index < -0.39 is 11.2 Å². The lowest BCUT2D eigenvalue weighted by Gasteiger charge is -2.12. The van der Waals surface area contributed by atoms with Gasteiger partial charge in [0.2, 0.25) is 5.91 Å². The minimum absolute atomic E-state index is 0.0601. The zero-order chi connectivity index (χ0) is 22.1. The largest absolute Gasteiger partial charge is 0.353 e. The molecule has 1 saturated carbocycles. The van der Waals surface area contributed by atoms with Gasteiger partial charge in [-0.25, -0.2) is 9.78 Å². The highest BCUT2D eigenvalue weighted by atomic mass is 35.5. The second-order valence-corrected chi connectivity index (χ2v) is 9.14. The van der Waals surface area contributed by atoms with Crippen LogP contribution in [0.2, 0.25) is 5.02 Å². The maximum absolute atomic E-state index is 12.9. The lowest BCUT2D eigenvalue weighted by atomic mass is 10.2. The van der Waals surface area contributed by atoms with Gasteiger partial charge in [-0.1, -0.05) is 54.4 Å². The van der Waals surface area contributed by atoms with Crippen molar-refractivity contribution < 1.29 is 4.79 Å². The molecule has 0 spiro atoms. The monoisotopic (exact) mass is 461 g/mol. The van der Waals surface area contributed by atoms with Crippen LogP contribution in [0.4, 0.5) is 0 Å². The van der Waals surface area contributed by atoms with Crippen LogP contribution in [0.1, 0.15) is 31.2 Å². The van der Waals surface area contributed by atoms with Crippen molar-refractivity contribution in [3.63, 3.8) is 0 Å². The molecule has 1 aliphatic carbocycles. The Balaban J connectivity index is 1.72. The maximum atomic E-state index is 12.9. The van der Waals surface area contributed by atoms with E-state index in [1.54, 1.807) is 17.7 Å². The van der Waals surface area contributed by atoms with Crippen molar-refractivity contribution in [2.45, 2.75) is 43.4 Å². The molecule has 2 heterocycles. The number of fused-ring (bicyclic) bond motifs is 1. The van der Waals surface area contributed by atoms with Gasteiger partial charge in [-0.05, 0) is 24.5 Å². The van der Waals surface area contributed by atoms with Gasteiger partial charge in [0.15, 0.2) is 16.3 Å². The fourth-order valence-corrected chi connectivity index (χ4v) is 4.95. The fraction of sp³-hybridized carbons (Fsp3) is 0.429. The summed E-state index contributed by atoms with van der Waals surface area (Å²) in [6.07, 6.45) is 4.31. The van der Waals surface area contributed by atoms with E-state index in [1.165, 1.54) is 23.4 Å². The summed E-state index contributed by atoms with van der Waals surface area (Å²) in [6.45, 7) is 0.302. The predicted molar refractivity (Wildman–Crippen MR) is 122 cm³/mol. The Labute approximate surface area is 188 Å². The zero-order valence-electron chi connectivity index (χ0n) is 17.4. The lowest BCUT2D eigenvalue weighted by Crippen LogP contribution is -2.37. The smallest absolute Gasteiger partial charge is 0.332 e. The third-order valence-corrected chi connectivity index (χ3v) is 7.00. The zero-order valence-corrected chi connectivity index (χ0v) is 19.0. The van der Waals surface area contributed by atoms with Gasteiger partial charge in [-0.15, -0.1) is 0 Å². The van der Waals surface area contributed by atoms with Gasteiger partial charge in [-0.2, -0.15) is 0 Å². The van der Waals surface area contributed by atoms with E-state index in [4.69, 9.17) is 11.6 Å². The average molecular weight is 462 g/mol. The Morgan fingerprint density at radius 1 is 1.19 bits per heavy atom. The fourth-order valence-electron chi connectivity index (χ4n) is 3.95. The normalized spacial score (nSPS) is 14.4. The second kappa shape index (κ2) is 8.92. The molecule has 1 amide bonds. The Hall–Kier alpha value is -2.52. The molecule has 1 fully saturated rings. The molecular formula is C21H24ClN5O3S. The van der Waals surface area contributed by atoms with Gasteiger partial charge in [0.1, 0.15) is 0 Å². The number of imidazole rings is 1. The molecule has 8 nitrogen and oxygen atoms in total. The van der Waals surface area contributed by atoms with Gasteiger partial charge in [0, 0.05) is 25.2 Å². The highest BCUT2D eigenvalue weighted by Gasteiger charge is 2.22. The molecule has 1 N–H and O–H groups in total. The van der Waals surface area contributed by atoms with Crippen molar-refractivity contribution in [3.8, 4) is 0 Å². The molecule has 0 unspecified atom stereocenters. The van der Waals surface area contributed by atoms with E-state index >= 15 is 0 Å². The first-order valence-corrected chi connectivity index (χ1v) is 11.5. The summed E-state index contributed by atoms with van der Waals surface area (Å²) in [7, 11) is 3.02. The van der Waals surface area contributed by atoms with Crippen LogP contribution in [0.25, 0.3) is 11.2 Å². The van der Waals surface area contributed by atoms with Crippen LogP contribution in [-0.2, 0) is 25.4 Å². The highest BCUT2D eigenvalue weighted by molar-refractivity contribution is 7.99. The molecule has 31 heavy (non-hydrogen) atoms. The van der Waals surface area contributed by atoms with Crippen molar-refractivity contribution in [1.29, 1.82) is 0 Å². The van der Waals surface area contributed by atoms with Crippen LogP contribution in [0.3, 0.4) is 0 Å². The van der Waals surface area contributed by atoms with Crippen LogP contribution in [-0.4, -0.2) is 36.4 Å². The van der Waals surface area contributed by atoms with Crippen LogP contribution >= 0.6 is 23.4 Å². The first-order chi connectivity index (χ1) is 14.9. The number of hydrogen-bond acceptors (Lipinski definition) is 5. The summed E-state index contributed by atoms with van der Waals surface area (Å²) in [5.41, 5.74) is 0.536. The van der Waals surface area contributed by atoms with Crippen molar-refractivity contribution in [2.24, 2.45) is 14.1 Å². The summed E-state index contributed by atoms with van der Waals surface area (Å²) >= 11 is 7.60. The number of halogens is 1. The number of hydrogen-bond donors (Lipinski definition) is 1. The molecule has 2 aromatic heterocycles. The molecule has 10 heteroatoms. The SMILES string of the molecule is Cn1c(=O)c2c(nc(SCC(=O)NC3CCCC3)n2Cc2ccccc2Cl)n(C)c1=O. The number of rotatable bonds is 6. The molecule has 164 valence electrons. The third-order valence-electron chi connectivity index (χ3n) is 5.65. The number of thioether (sulfide) groups is 1. The third kappa shape index (κ3) is 4.29. The van der Waals surface area contributed by atoms with Crippen molar-refractivity contribution in [1.82, 2.24) is 24.0 Å². The molecular weight excluding hydrogens is 438 g/mol. The van der Waals surface area contributed by atoms with Crippen LogP contribution < -0.4 is 16.6 Å². The molecule has 0 saturated heterocycles. The maximum Gasteiger partial charge on any atom is 0.332 e. The molecule has 0 bridgehead atoms. The van der Waals surface area contributed by atoms with Gasteiger partial charge in [-0.3, -0.25) is 18.7 Å². The van der Waals surface area contributed by atoms with E-state index in [0.717, 1.165) is 35.8 Å². The number of aryl methyl sites for hydroxylation is 1. The van der Waals surface area contributed by atoms with Crippen LogP contribution in [0.15, 0.2) is 39.0 Å². The average Bonchev–Trinajstić information content (AvgIpc) is 3.39. The van der Waals surface area contributed by atoms with E-state index in [0.29, 0.717) is 27.9 Å². The summed E-state index contributed by atoms with van der Waals surface area (Å²) in [6, 6.07) is 7.61. The summed E-state index contributed by atoms with van der Waals surface area (Å²) in [4.78, 5) is 42.3. The number of carbonyl (C=O) groups excluding carboxylic acids is 1. The standard InChI is InChI=1S/C21H24ClN5O3S/c1-25-18-17(19(29)26(2)21(25)30)27(11-13-7-3-6-10-15(13)22)20(24-18)31-12-16(28)23-14-8-4-5-9-14/h3,6-7,10,14H,4-5,8-9,11-12H2,1-2H3,(H,23,28). The number of amides is 1. The number of carbonyl (C=O) groups is 1.